The molecule has 0 aliphatic carbocycles. The summed E-state index contributed by atoms with van der Waals surface area (Å²) < 4.78 is 41.2. The first kappa shape index (κ1) is 20.1. The van der Waals surface area contributed by atoms with E-state index in [4.69, 9.17) is 0 Å². The number of hydrogen-bond donors (Lipinski definition) is 3. The van der Waals surface area contributed by atoms with Crippen molar-refractivity contribution >= 4 is 23.3 Å². The van der Waals surface area contributed by atoms with Crippen molar-refractivity contribution in [2.75, 3.05) is 10.6 Å². The maximum absolute atomic E-state index is 12.4. The molecule has 0 aliphatic rings. The third-order valence-electron chi connectivity index (χ3n) is 3.42. The Hall–Kier alpha value is -3.23. The molecule has 3 N–H and O–H groups in total. The molecular formula is C18H18F3N3O3. The smallest absolute Gasteiger partial charge is 0.404 e. The second-order valence-corrected chi connectivity index (χ2v) is 5.67. The predicted octanol–water partition coefficient (Wildman–Crippen LogP) is 4.43. The van der Waals surface area contributed by atoms with Crippen LogP contribution in [0.4, 0.5) is 29.3 Å². The Morgan fingerprint density at radius 3 is 2.41 bits per heavy atom. The van der Waals surface area contributed by atoms with Crippen LogP contribution in [0.5, 0.6) is 5.75 Å². The van der Waals surface area contributed by atoms with Gasteiger partial charge in [0.05, 0.1) is 11.7 Å². The number of amides is 3. The van der Waals surface area contributed by atoms with Crippen molar-refractivity contribution in [3.63, 3.8) is 0 Å². The van der Waals surface area contributed by atoms with E-state index in [0.29, 0.717) is 11.3 Å². The van der Waals surface area contributed by atoms with E-state index in [1.54, 1.807) is 31.2 Å². The minimum atomic E-state index is -4.87. The number of hydrogen-bond acceptors (Lipinski definition) is 3. The maximum Gasteiger partial charge on any atom is 0.573 e. The maximum atomic E-state index is 12.4. The topological polar surface area (TPSA) is 79.5 Å². The Labute approximate surface area is 153 Å². The van der Waals surface area contributed by atoms with Gasteiger partial charge in [0.15, 0.2) is 5.75 Å². The van der Waals surface area contributed by atoms with Gasteiger partial charge in [-0.05, 0) is 36.8 Å². The number of benzene rings is 2. The Morgan fingerprint density at radius 1 is 1.04 bits per heavy atom. The summed E-state index contributed by atoms with van der Waals surface area (Å²) in [4.78, 5) is 23.3. The molecule has 0 saturated heterocycles. The fraction of sp³-hybridized carbons (Fsp3) is 0.222. The molecular weight excluding hydrogens is 363 g/mol. The molecule has 9 heteroatoms. The van der Waals surface area contributed by atoms with E-state index < -0.39 is 24.2 Å². The number of halogens is 3. The summed E-state index contributed by atoms with van der Waals surface area (Å²) in [5, 5.41) is 7.58. The summed E-state index contributed by atoms with van der Waals surface area (Å²) in [6, 6.07) is 10.9. The van der Waals surface area contributed by atoms with Crippen LogP contribution < -0.4 is 20.7 Å². The summed E-state index contributed by atoms with van der Waals surface area (Å²) >= 11 is 0. The van der Waals surface area contributed by atoms with Gasteiger partial charge in [-0.25, -0.2) is 4.79 Å². The van der Waals surface area contributed by atoms with Gasteiger partial charge in [0.25, 0.3) is 0 Å². The van der Waals surface area contributed by atoms with Gasteiger partial charge in [-0.3, -0.25) is 4.79 Å². The highest BCUT2D eigenvalue weighted by Crippen LogP contribution is 2.30. The summed E-state index contributed by atoms with van der Waals surface area (Å²) in [6.45, 7) is 3.08. The summed E-state index contributed by atoms with van der Waals surface area (Å²) in [6.07, 6.45) is -4.87. The molecule has 0 saturated carbocycles. The lowest BCUT2D eigenvalue weighted by atomic mass is 10.1. The molecule has 0 radical (unpaired) electrons. The van der Waals surface area contributed by atoms with Crippen molar-refractivity contribution in [1.82, 2.24) is 5.32 Å². The van der Waals surface area contributed by atoms with Crippen molar-refractivity contribution < 1.29 is 27.5 Å². The highest BCUT2D eigenvalue weighted by atomic mass is 19.4. The first-order valence-electron chi connectivity index (χ1n) is 7.94. The Morgan fingerprint density at radius 2 is 1.74 bits per heavy atom. The number of anilines is 2. The average Bonchev–Trinajstić information content (AvgIpc) is 2.55. The molecule has 6 nitrogen and oxygen atoms in total. The molecule has 0 bridgehead atoms. The van der Waals surface area contributed by atoms with E-state index >= 15 is 0 Å². The van der Waals surface area contributed by atoms with Crippen molar-refractivity contribution in [2.45, 2.75) is 26.3 Å². The van der Waals surface area contributed by atoms with Gasteiger partial charge in [0.2, 0.25) is 5.91 Å². The zero-order chi connectivity index (χ0) is 20.0. The number of urea groups is 1. The molecule has 0 aromatic heterocycles. The Balaban J connectivity index is 2.05. The number of carbonyl (C=O) groups is 2. The minimum absolute atomic E-state index is 0.119. The van der Waals surface area contributed by atoms with Gasteiger partial charge in [-0.1, -0.05) is 24.3 Å². The van der Waals surface area contributed by atoms with E-state index in [2.05, 4.69) is 20.7 Å². The summed E-state index contributed by atoms with van der Waals surface area (Å²) in [5.41, 5.74) is 1.15. The quantitative estimate of drug-likeness (QED) is 0.717. The van der Waals surface area contributed by atoms with Gasteiger partial charge in [-0.2, -0.15) is 0 Å². The van der Waals surface area contributed by atoms with E-state index in [1.807, 2.05) is 0 Å². The molecule has 27 heavy (non-hydrogen) atoms. The molecule has 2 rings (SSSR count). The van der Waals surface area contributed by atoms with Crippen molar-refractivity contribution in [2.24, 2.45) is 0 Å². The van der Waals surface area contributed by atoms with Crippen LogP contribution in [0, 0.1) is 0 Å². The predicted molar refractivity (Wildman–Crippen MR) is 94.4 cm³/mol. The first-order chi connectivity index (χ1) is 12.6. The first-order valence-corrected chi connectivity index (χ1v) is 7.94. The normalized spacial score (nSPS) is 12.0. The lowest BCUT2D eigenvalue weighted by Gasteiger charge is -2.18. The standard InChI is InChI=1S/C18H18F3N3O3/c1-11(13-6-5-7-14(10-13)23-12(2)25)22-17(26)24-15-8-3-4-9-16(15)27-18(19,20)21/h3-11H,1-2H3,(H,23,25)(H2,22,24,26). The number of ether oxygens (including phenoxy) is 1. The monoisotopic (exact) mass is 381 g/mol. The molecule has 0 heterocycles. The largest absolute Gasteiger partial charge is 0.573 e. The molecule has 1 atom stereocenters. The van der Waals surface area contributed by atoms with Crippen LogP contribution in [0.25, 0.3) is 0 Å². The number of nitrogens with one attached hydrogen (secondary N) is 3. The van der Waals surface area contributed by atoms with Crippen LogP contribution in [0.3, 0.4) is 0 Å². The van der Waals surface area contributed by atoms with Crippen LogP contribution in [0.2, 0.25) is 0 Å². The van der Waals surface area contributed by atoms with E-state index in [-0.39, 0.29) is 11.6 Å². The van der Waals surface area contributed by atoms with Gasteiger partial charge in [-0.15, -0.1) is 13.2 Å². The van der Waals surface area contributed by atoms with Crippen molar-refractivity contribution in [1.29, 1.82) is 0 Å². The van der Waals surface area contributed by atoms with Gasteiger partial charge < -0.3 is 20.7 Å². The van der Waals surface area contributed by atoms with Crippen LogP contribution in [0.15, 0.2) is 48.5 Å². The zero-order valence-corrected chi connectivity index (χ0v) is 14.6. The van der Waals surface area contributed by atoms with Crippen LogP contribution in [-0.2, 0) is 4.79 Å². The van der Waals surface area contributed by atoms with Gasteiger partial charge >= 0.3 is 12.4 Å². The third kappa shape index (κ3) is 6.53. The fourth-order valence-corrected chi connectivity index (χ4v) is 2.31. The Bertz CT molecular complexity index is 825. The average molecular weight is 381 g/mol. The van der Waals surface area contributed by atoms with Crippen LogP contribution in [-0.4, -0.2) is 18.3 Å². The van der Waals surface area contributed by atoms with Crippen molar-refractivity contribution in [3.8, 4) is 5.75 Å². The second kappa shape index (κ2) is 8.43. The lowest BCUT2D eigenvalue weighted by molar-refractivity contribution is -0.274. The third-order valence-corrected chi connectivity index (χ3v) is 3.42. The lowest BCUT2D eigenvalue weighted by Crippen LogP contribution is -2.31. The summed E-state index contributed by atoms with van der Waals surface area (Å²) in [7, 11) is 0. The molecule has 0 fully saturated rings. The van der Waals surface area contributed by atoms with Gasteiger partial charge in [0, 0.05) is 12.6 Å². The second-order valence-electron chi connectivity index (χ2n) is 5.67. The molecule has 3 amide bonds. The fourth-order valence-electron chi connectivity index (χ4n) is 2.31. The summed E-state index contributed by atoms with van der Waals surface area (Å²) in [5.74, 6) is -0.743. The Kier molecular flexibility index (Phi) is 6.27. The zero-order valence-electron chi connectivity index (χ0n) is 14.6. The molecule has 2 aromatic carbocycles. The van der Waals surface area contributed by atoms with E-state index in [1.165, 1.54) is 25.1 Å². The number of para-hydroxylation sites is 2. The molecule has 1 unspecified atom stereocenters. The molecule has 2 aromatic rings. The molecule has 0 spiro atoms. The van der Waals surface area contributed by atoms with E-state index in [9.17, 15) is 22.8 Å². The molecule has 0 aliphatic heterocycles. The van der Waals surface area contributed by atoms with Crippen LogP contribution >= 0.6 is 0 Å². The number of alkyl halides is 3. The van der Waals surface area contributed by atoms with Crippen LogP contribution in [0.1, 0.15) is 25.5 Å². The number of rotatable bonds is 5. The van der Waals surface area contributed by atoms with E-state index in [0.717, 1.165) is 6.07 Å². The molecule has 144 valence electrons. The minimum Gasteiger partial charge on any atom is -0.404 e. The van der Waals surface area contributed by atoms with Gasteiger partial charge in [0.1, 0.15) is 0 Å². The SMILES string of the molecule is CC(=O)Nc1cccc(C(C)NC(=O)Nc2ccccc2OC(F)(F)F)c1. The van der Waals surface area contributed by atoms with Crippen molar-refractivity contribution in [3.05, 3.63) is 54.1 Å². The highest BCUT2D eigenvalue weighted by molar-refractivity contribution is 5.91. The number of carbonyl (C=O) groups excluding carboxylic acids is 2. The highest BCUT2D eigenvalue weighted by Gasteiger charge is 2.32.